The first kappa shape index (κ1) is 58.0. The van der Waals surface area contributed by atoms with Crippen LogP contribution in [0, 0.1) is 5.92 Å². The topological polar surface area (TPSA) is 132 Å². The van der Waals surface area contributed by atoms with Crippen LogP contribution in [0.5, 0.6) is 23.0 Å². The normalized spacial score (nSPS) is 17.2. The number of nitrogens with two attached hydrogens (primary N) is 1. The summed E-state index contributed by atoms with van der Waals surface area (Å²) in [6.45, 7) is 11.6. The molecule has 0 radical (unpaired) electrons. The third-order valence-electron chi connectivity index (χ3n) is 14.6. The smallest absolute Gasteiger partial charge is 0.306 e. The zero-order valence-electron chi connectivity index (χ0n) is 43.3. The van der Waals surface area contributed by atoms with E-state index in [1.807, 2.05) is 23.3 Å². The van der Waals surface area contributed by atoms with Crippen LogP contribution in [0.25, 0.3) is 5.76 Å². The number of nitrogens with zero attached hydrogens (tertiary/aromatic N) is 3. The fourth-order valence-electron chi connectivity index (χ4n) is 10.3. The second kappa shape index (κ2) is 33.1. The Morgan fingerprint density at radius 3 is 1.78 bits per heavy atom. The van der Waals surface area contributed by atoms with Gasteiger partial charge >= 0.3 is 5.97 Å². The lowest BCUT2D eigenvalue weighted by atomic mass is 9.89. The van der Waals surface area contributed by atoms with Gasteiger partial charge in [-0.1, -0.05) is 143 Å². The molecule has 2 aromatic carbocycles. The van der Waals surface area contributed by atoms with E-state index in [4.69, 9.17) is 20.4 Å². The number of rotatable bonds is 33. The molecule has 0 bridgehead atoms. The largest absolute Gasteiger partial charge is 0.508 e. The summed E-state index contributed by atoms with van der Waals surface area (Å²) in [5.74, 6) is -2.15. The zero-order valence-corrected chi connectivity index (χ0v) is 43.3. The maximum absolute atomic E-state index is 13.7. The molecular formula is C57H94F2N4O6. The molecule has 1 saturated carbocycles. The number of piperidine rings is 1. The number of aliphatic carboxylic acids is 1. The van der Waals surface area contributed by atoms with Gasteiger partial charge in [0, 0.05) is 68.9 Å². The lowest BCUT2D eigenvalue weighted by molar-refractivity contribution is -0.142. The van der Waals surface area contributed by atoms with Crippen molar-refractivity contribution in [1.82, 2.24) is 9.96 Å². The molecule has 2 fully saturated rings. The maximum atomic E-state index is 13.7. The van der Waals surface area contributed by atoms with E-state index in [9.17, 15) is 23.8 Å². The van der Waals surface area contributed by atoms with Crippen LogP contribution in [0.15, 0.2) is 42.5 Å². The van der Waals surface area contributed by atoms with Crippen molar-refractivity contribution in [2.45, 2.75) is 225 Å². The Morgan fingerprint density at radius 2 is 1.26 bits per heavy atom. The molecule has 2 aliphatic heterocycles. The van der Waals surface area contributed by atoms with Crippen molar-refractivity contribution in [2.24, 2.45) is 11.7 Å². The molecule has 1 atom stereocenters. The number of benzene rings is 2. The van der Waals surface area contributed by atoms with E-state index >= 15 is 0 Å². The van der Waals surface area contributed by atoms with Crippen LogP contribution < -0.4 is 15.4 Å². The van der Waals surface area contributed by atoms with Crippen molar-refractivity contribution >= 4 is 17.4 Å². The van der Waals surface area contributed by atoms with Gasteiger partial charge in [0.15, 0.2) is 5.76 Å². The molecule has 5 rings (SSSR count). The SMILES string of the molecule is CCCCCCCC(CCN)C(=O)O.CCCCCCCCCCN(CCCCCCCCCC)c1ccc(Oc2cc(O)cc(O)c2C2=CCN(C3CCN(C4CCC(F)(F)CC4)CC3)O2)cc1. The molecule has 0 aromatic heterocycles. The summed E-state index contributed by atoms with van der Waals surface area (Å²) in [6.07, 6.45) is 33.1. The Bertz CT molecular complexity index is 1690. The van der Waals surface area contributed by atoms with Crippen LogP contribution in [0.1, 0.15) is 213 Å². The monoisotopic (exact) mass is 969 g/mol. The molecule has 5 N–H and O–H groups in total. The summed E-state index contributed by atoms with van der Waals surface area (Å²) in [7, 11) is 0. The third-order valence-corrected chi connectivity index (χ3v) is 14.6. The van der Waals surface area contributed by atoms with Crippen molar-refractivity contribution < 1.29 is 38.5 Å². The first-order valence-electron chi connectivity index (χ1n) is 27.8. The van der Waals surface area contributed by atoms with E-state index in [1.54, 1.807) is 0 Å². The van der Waals surface area contributed by atoms with Crippen molar-refractivity contribution in [2.75, 3.05) is 44.2 Å². The Labute approximate surface area is 416 Å². The summed E-state index contributed by atoms with van der Waals surface area (Å²) in [5, 5.41) is 32.3. The highest BCUT2D eigenvalue weighted by molar-refractivity contribution is 5.74. The van der Waals surface area contributed by atoms with Gasteiger partial charge in [-0.15, -0.1) is 5.06 Å². The fourth-order valence-corrected chi connectivity index (χ4v) is 10.3. The van der Waals surface area contributed by atoms with Crippen LogP contribution in [-0.4, -0.2) is 88.5 Å². The van der Waals surface area contributed by atoms with Gasteiger partial charge in [0.05, 0.1) is 12.5 Å². The molecule has 1 saturated heterocycles. The Morgan fingerprint density at radius 1 is 0.739 bits per heavy atom. The maximum Gasteiger partial charge on any atom is 0.306 e. The van der Waals surface area contributed by atoms with E-state index in [0.717, 1.165) is 58.3 Å². The number of likely N-dealkylation sites (tertiary alicyclic amines) is 1. The van der Waals surface area contributed by atoms with Crippen molar-refractivity contribution in [3.8, 4) is 23.0 Å². The average molecular weight is 969 g/mol. The second-order valence-electron chi connectivity index (χ2n) is 20.3. The lowest BCUT2D eigenvalue weighted by Crippen LogP contribution is -2.49. The van der Waals surface area contributed by atoms with E-state index in [-0.39, 0.29) is 42.3 Å². The molecule has 10 nitrogen and oxygen atoms in total. The molecule has 0 spiro atoms. The molecule has 69 heavy (non-hydrogen) atoms. The first-order chi connectivity index (χ1) is 33.5. The minimum absolute atomic E-state index is 0.0120. The second-order valence-corrected chi connectivity index (χ2v) is 20.3. The van der Waals surface area contributed by atoms with Crippen molar-refractivity contribution in [3.63, 3.8) is 0 Å². The van der Waals surface area contributed by atoms with Crippen LogP contribution >= 0.6 is 0 Å². The number of ether oxygens (including phenoxy) is 1. The van der Waals surface area contributed by atoms with Crippen LogP contribution in [0.3, 0.4) is 0 Å². The Hall–Kier alpha value is -3.61. The van der Waals surface area contributed by atoms with E-state index in [1.165, 1.54) is 140 Å². The number of phenolic OH excluding ortho intramolecular Hbond substituents is 2. The number of anilines is 1. The number of carboxylic acid groups (broad SMARTS) is 1. The number of carbonyl (C=O) groups is 1. The molecular weight excluding hydrogens is 875 g/mol. The Kier molecular flexibility index (Phi) is 27.8. The lowest BCUT2D eigenvalue weighted by Gasteiger charge is -2.42. The average Bonchev–Trinajstić information content (AvgIpc) is 3.82. The van der Waals surface area contributed by atoms with Crippen LogP contribution in [0.2, 0.25) is 0 Å². The number of hydrogen-bond donors (Lipinski definition) is 4. The number of phenols is 2. The molecule has 1 aliphatic carbocycles. The molecule has 2 heterocycles. The number of unbranched alkanes of at least 4 members (excludes halogenated alkanes) is 18. The van der Waals surface area contributed by atoms with Gasteiger partial charge in [-0.2, -0.15) is 0 Å². The molecule has 0 amide bonds. The quantitative estimate of drug-likeness (QED) is 0.0513. The fraction of sp³-hybridized carbons (Fsp3) is 0.737. The number of carboxylic acids is 1. The van der Waals surface area contributed by atoms with Gasteiger partial charge in [-0.25, -0.2) is 8.78 Å². The van der Waals surface area contributed by atoms with Gasteiger partial charge in [0.25, 0.3) is 0 Å². The van der Waals surface area contributed by atoms with E-state index in [0.29, 0.717) is 55.2 Å². The van der Waals surface area contributed by atoms with Crippen molar-refractivity contribution in [3.05, 3.63) is 48.0 Å². The number of alkyl halides is 2. The van der Waals surface area contributed by atoms with Crippen molar-refractivity contribution in [1.29, 1.82) is 0 Å². The van der Waals surface area contributed by atoms with E-state index in [2.05, 4.69) is 42.7 Å². The summed E-state index contributed by atoms with van der Waals surface area (Å²) in [6, 6.07) is 11.5. The predicted octanol–water partition coefficient (Wildman–Crippen LogP) is 15.0. The van der Waals surface area contributed by atoms with Gasteiger partial charge < -0.3 is 40.4 Å². The van der Waals surface area contributed by atoms with E-state index < -0.39 is 11.9 Å². The number of halogens is 2. The summed E-state index contributed by atoms with van der Waals surface area (Å²) in [4.78, 5) is 22.0. The highest BCUT2D eigenvalue weighted by atomic mass is 19.3. The third kappa shape index (κ3) is 21.7. The van der Waals surface area contributed by atoms with Crippen LogP contribution in [0.4, 0.5) is 14.5 Å². The summed E-state index contributed by atoms with van der Waals surface area (Å²) in [5.41, 5.74) is 6.97. The predicted molar refractivity (Wildman–Crippen MR) is 279 cm³/mol. The number of aromatic hydroxyl groups is 2. The molecule has 2 aromatic rings. The highest BCUT2D eigenvalue weighted by Gasteiger charge is 2.39. The number of hydroxylamine groups is 2. The zero-order chi connectivity index (χ0) is 49.7. The minimum Gasteiger partial charge on any atom is -0.508 e. The minimum atomic E-state index is -2.51. The van der Waals surface area contributed by atoms with Gasteiger partial charge in [0.2, 0.25) is 5.92 Å². The Balaban J connectivity index is 0.000000641. The van der Waals surface area contributed by atoms with Gasteiger partial charge in [0.1, 0.15) is 28.6 Å². The van der Waals surface area contributed by atoms with Gasteiger partial charge in [-0.3, -0.25) is 4.79 Å². The summed E-state index contributed by atoms with van der Waals surface area (Å²) < 4.78 is 33.8. The van der Waals surface area contributed by atoms with Gasteiger partial charge in [-0.05, 0) is 88.3 Å². The highest BCUT2D eigenvalue weighted by Crippen LogP contribution is 2.43. The molecule has 3 aliphatic rings. The van der Waals surface area contributed by atoms with Crippen LogP contribution in [-0.2, 0) is 9.63 Å². The standard InChI is InChI=1S/C46H71F2N3O4.C11H23NO2/c1-3-5-7-9-11-13-15-17-30-49(31-18-16-14-12-10-8-6-4-2)37-19-21-41(22-20-37)54-44-36-40(52)35-42(53)45(44)43-27-34-51(55-43)39-25-32-50(33-26-39)38-23-28-46(47,48)29-24-38;1-2-3-4-5-6-7-10(8-9-12)11(13)14/h19-22,27,35-36,38-39,52-53H,3-18,23-26,28-34H2,1-2H3;10H,2-9,12H2,1H3,(H,13,14). The summed E-state index contributed by atoms with van der Waals surface area (Å²) >= 11 is 0. The first-order valence-corrected chi connectivity index (χ1v) is 27.8. The molecule has 1 unspecified atom stereocenters. The molecule has 12 heteroatoms. The molecule has 392 valence electrons. The number of hydrogen-bond acceptors (Lipinski definition) is 9.